The highest BCUT2D eigenvalue weighted by atomic mass is 32.2. The van der Waals surface area contributed by atoms with Crippen LogP contribution in [0.5, 0.6) is 5.75 Å². The molecule has 0 bridgehead atoms. The first-order chi connectivity index (χ1) is 13.7. The van der Waals surface area contributed by atoms with E-state index >= 15 is 0 Å². The maximum Gasteiger partial charge on any atom is 0.272 e. The van der Waals surface area contributed by atoms with Crippen molar-refractivity contribution in [3.63, 3.8) is 0 Å². The van der Waals surface area contributed by atoms with Crippen LogP contribution in [0.2, 0.25) is 0 Å². The van der Waals surface area contributed by atoms with Crippen LogP contribution >= 0.6 is 0 Å². The number of alkyl halides is 2. The van der Waals surface area contributed by atoms with E-state index in [0.29, 0.717) is 22.7 Å². The van der Waals surface area contributed by atoms with Crippen LogP contribution in [-0.2, 0) is 21.3 Å². The zero-order valence-electron chi connectivity index (χ0n) is 15.8. The summed E-state index contributed by atoms with van der Waals surface area (Å²) in [5.74, 6) is 0.436. The molecule has 0 aliphatic carbocycles. The first kappa shape index (κ1) is 22.2. The average Bonchev–Trinajstić information content (AvgIpc) is 2.69. The zero-order chi connectivity index (χ0) is 21.4. The van der Waals surface area contributed by atoms with Gasteiger partial charge in [0.25, 0.3) is 6.43 Å². The van der Waals surface area contributed by atoms with Gasteiger partial charge >= 0.3 is 0 Å². The number of hydrogen-bond acceptors (Lipinski definition) is 7. The molecule has 0 radical (unpaired) electrons. The molecule has 156 valence electrons. The summed E-state index contributed by atoms with van der Waals surface area (Å²) < 4.78 is 60.4. The number of sulfonamides is 1. The Balaban J connectivity index is 2.24. The van der Waals surface area contributed by atoms with Crippen LogP contribution in [0.1, 0.15) is 11.3 Å². The molecule has 0 aliphatic heterocycles. The van der Waals surface area contributed by atoms with Crippen LogP contribution in [0.4, 0.5) is 14.5 Å². The molecule has 0 saturated heterocycles. The first-order valence-corrected chi connectivity index (χ1v) is 10.1. The molecular formula is C18H20F2N4O4S. The van der Waals surface area contributed by atoms with E-state index < -0.39 is 23.1 Å². The third-order valence-corrected chi connectivity index (χ3v) is 4.79. The number of nitrogens with zero attached hydrogens (tertiary/aromatic N) is 4. The number of pyridine rings is 1. The smallest absolute Gasteiger partial charge is 0.272 e. The van der Waals surface area contributed by atoms with E-state index in [0.717, 1.165) is 6.26 Å². The van der Waals surface area contributed by atoms with Crippen LogP contribution in [0.15, 0.2) is 52.8 Å². The monoisotopic (exact) mass is 426 g/mol. The van der Waals surface area contributed by atoms with E-state index in [1.54, 1.807) is 30.3 Å². The number of ether oxygens (including phenoxy) is 2. The molecule has 0 N–H and O–H groups in total. The molecule has 0 fully saturated rings. The van der Waals surface area contributed by atoms with Crippen LogP contribution in [0, 0.1) is 0 Å². The molecule has 1 aromatic heterocycles. The zero-order valence-corrected chi connectivity index (χ0v) is 16.6. The Hall–Kier alpha value is -3.08. The molecule has 0 atom stereocenters. The minimum Gasteiger partial charge on any atom is -0.497 e. The number of benzene rings is 1. The minimum atomic E-state index is -3.59. The summed E-state index contributed by atoms with van der Waals surface area (Å²) in [7, 11) is -2.08. The third-order valence-electron chi connectivity index (χ3n) is 3.65. The Labute approximate surface area is 167 Å². The standard InChI is InChI=1S/C18H20F2N4O4S/c1-21-23-18(28-12-17(19)20)13-4-5-14(22-10-13)11-24(29(3,25)26)15-6-8-16(27-2)9-7-15/h4-10,17H,1,11-12H2,2-3H3/b23-18-. The molecular weight excluding hydrogens is 406 g/mol. The highest BCUT2D eigenvalue weighted by Crippen LogP contribution is 2.23. The first-order valence-electron chi connectivity index (χ1n) is 8.26. The fourth-order valence-corrected chi connectivity index (χ4v) is 3.19. The molecule has 1 heterocycles. The van der Waals surface area contributed by atoms with Gasteiger partial charge in [-0.2, -0.15) is 5.10 Å². The second kappa shape index (κ2) is 9.92. The highest BCUT2D eigenvalue weighted by molar-refractivity contribution is 7.92. The van der Waals surface area contributed by atoms with Crippen LogP contribution in [-0.4, -0.2) is 52.4 Å². The second-order valence-corrected chi connectivity index (χ2v) is 7.66. The Bertz CT molecular complexity index is 949. The number of hydrogen-bond donors (Lipinski definition) is 0. The Morgan fingerprint density at radius 3 is 2.41 bits per heavy atom. The fraction of sp³-hybridized carbons (Fsp3) is 0.278. The summed E-state index contributed by atoms with van der Waals surface area (Å²) >= 11 is 0. The SMILES string of the molecule is C=N/N=C(\OCC(F)F)c1ccc(CN(c2ccc(OC)cc2)S(C)(=O)=O)nc1. The van der Waals surface area contributed by atoms with E-state index in [1.807, 2.05) is 0 Å². The van der Waals surface area contributed by atoms with Gasteiger partial charge in [-0.1, -0.05) is 0 Å². The second-order valence-electron chi connectivity index (χ2n) is 5.75. The summed E-state index contributed by atoms with van der Waals surface area (Å²) in [4.78, 5) is 4.18. The highest BCUT2D eigenvalue weighted by Gasteiger charge is 2.19. The quantitative estimate of drug-likeness (QED) is 0.349. The van der Waals surface area contributed by atoms with Crippen molar-refractivity contribution in [2.75, 3.05) is 24.3 Å². The summed E-state index contributed by atoms with van der Waals surface area (Å²) in [5, 5.41) is 6.87. The van der Waals surface area contributed by atoms with Crippen molar-refractivity contribution in [3.05, 3.63) is 53.9 Å². The third kappa shape index (κ3) is 6.49. The maximum absolute atomic E-state index is 12.4. The maximum atomic E-state index is 12.4. The lowest BCUT2D eigenvalue weighted by Gasteiger charge is -2.22. The molecule has 8 nitrogen and oxygen atoms in total. The van der Waals surface area contributed by atoms with Crippen LogP contribution in [0.25, 0.3) is 0 Å². The Kier molecular flexibility index (Phi) is 7.59. The fourth-order valence-electron chi connectivity index (χ4n) is 2.32. The van der Waals surface area contributed by atoms with Gasteiger partial charge in [0, 0.05) is 12.9 Å². The van der Waals surface area contributed by atoms with Gasteiger partial charge in [-0.15, -0.1) is 5.10 Å². The lowest BCUT2D eigenvalue weighted by atomic mass is 10.2. The van der Waals surface area contributed by atoms with Gasteiger partial charge in [-0.25, -0.2) is 17.2 Å². The largest absolute Gasteiger partial charge is 0.497 e. The number of aromatic nitrogens is 1. The normalized spacial score (nSPS) is 12.0. The van der Waals surface area contributed by atoms with E-state index in [1.165, 1.54) is 23.7 Å². The molecule has 11 heteroatoms. The predicted octanol–water partition coefficient (Wildman–Crippen LogP) is 2.70. The van der Waals surface area contributed by atoms with Gasteiger partial charge in [0.05, 0.1) is 36.9 Å². The summed E-state index contributed by atoms with van der Waals surface area (Å²) in [6, 6.07) is 9.60. The average molecular weight is 426 g/mol. The lowest BCUT2D eigenvalue weighted by Crippen LogP contribution is -2.29. The van der Waals surface area contributed by atoms with Crippen molar-refractivity contribution < 1.29 is 26.7 Å². The summed E-state index contributed by atoms with van der Waals surface area (Å²) in [6.45, 7) is 2.29. The minimum absolute atomic E-state index is 0.0322. The molecule has 0 amide bonds. The molecule has 2 aromatic rings. The van der Waals surface area contributed by atoms with E-state index in [9.17, 15) is 17.2 Å². The van der Waals surface area contributed by atoms with E-state index in [-0.39, 0.29) is 12.4 Å². The molecule has 2 rings (SSSR count). The molecule has 0 saturated carbocycles. The van der Waals surface area contributed by atoms with Crippen molar-refractivity contribution in [1.29, 1.82) is 0 Å². The van der Waals surface area contributed by atoms with Crippen molar-refractivity contribution in [2.24, 2.45) is 10.2 Å². The molecule has 1 aromatic carbocycles. The van der Waals surface area contributed by atoms with Crippen molar-refractivity contribution in [1.82, 2.24) is 4.98 Å². The summed E-state index contributed by atoms with van der Waals surface area (Å²) in [5.41, 5.74) is 1.17. The van der Waals surface area contributed by atoms with Crippen molar-refractivity contribution in [3.8, 4) is 5.75 Å². The van der Waals surface area contributed by atoms with Crippen LogP contribution < -0.4 is 9.04 Å². The predicted molar refractivity (Wildman–Crippen MR) is 106 cm³/mol. The van der Waals surface area contributed by atoms with Gasteiger partial charge in [0.1, 0.15) is 5.75 Å². The molecule has 0 aliphatic rings. The van der Waals surface area contributed by atoms with Crippen molar-refractivity contribution in [2.45, 2.75) is 13.0 Å². The summed E-state index contributed by atoms with van der Waals surface area (Å²) in [6.07, 6.45) is -0.256. The Morgan fingerprint density at radius 1 is 1.24 bits per heavy atom. The Morgan fingerprint density at radius 2 is 1.93 bits per heavy atom. The van der Waals surface area contributed by atoms with Gasteiger partial charge < -0.3 is 9.47 Å². The van der Waals surface area contributed by atoms with E-state index in [4.69, 9.17) is 9.47 Å². The van der Waals surface area contributed by atoms with Gasteiger partial charge in [-0.05, 0) is 36.4 Å². The van der Waals surface area contributed by atoms with E-state index in [2.05, 4.69) is 21.9 Å². The van der Waals surface area contributed by atoms with Crippen LogP contribution in [0.3, 0.4) is 0 Å². The molecule has 0 spiro atoms. The number of halogens is 2. The molecule has 0 unspecified atom stereocenters. The number of rotatable bonds is 9. The van der Waals surface area contributed by atoms with Gasteiger partial charge in [0.15, 0.2) is 6.61 Å². The topological polar surface area (TPSA) is 93.5 Å². The lowest BCUT2D eigenvalue weighted by molar-refractivity contribution is 0.0765. The van der Waals surface area contributed by atoms with Gasteiger partial charge in [-0.3, -0.25) is 9.29 Å². The van der Waals surface area contributed by atoms with Gasteiger partial charge in [0.2, 0.25) is 15.9 Å². The number of anilines is 1. The van der Waals surface area contributed by atoms with Crippen molar-refractivity contribution >= 4 is 28.3 Å². The number of methoxy groups -OCH3 is 1. The molecule has 29 heavy (non-hydrogen) atoms.